The summed E-state index contributed by atoms with van der Waals surface area (Å²) in [5, 5.41) is 11.8. The van der Waals surface area contributed by atoms with E-state index in [-0.39, 0.29) is 37.2 Å². The number of urea groups is 1. The van der Waals surface area contributed by atoms with Crippen molar-refractivity contribution in [3.63, 3.8) is 0 Å². The average molecular weight is 663 g/mol. The van der Waals surface area contributed by atoms with Gasteiger partial charge in [-0.25, -0.2) is 14.6 Å². The quantitative estimate of drug-likeness (QED) is 0.137. The molecule has 0 bridgehead atoms. The van der Waals surface area contributed by atoms with E-state index in [4.69, 9.17) is 4.74 Å². The lowest BCUT2D eigenvalue weighted by atomic mass is 9.96. The Bertz CT molecular complexity index is 1500. The molecule has 4 rings (SSSR count). The zero-order valence-electron chi connectivity index (χ0n) is 26.5. The molecular weight excluding hydrogens is 621 g/mol. The first-order valence-electron chi connectivity index (χ1n) is 15.4. The van der Waals surface area contributed by atoms with Crippen LogP contribution in [0, 0.1) is 0 Å². The summed E-state index contributed by atoms with van der Waals surface area (Å²) in [6.45, 7) is 4.53. The summed E-state index contributed by atoms with van der Waals surface area (Å²) in [5.41, 5.74) is 4.69. The van der Waals surface area contributed by atoms with E-state index >= 15 is 0 Å². The molecule has 2 aromatic carbocycles. The summed E-state index contributed by atoms with van der Waals surface area (Å²) in [5.74, 6) is 0.0489. The van der Waals surface area contributed by atoms with E-state index in [1.165, 1.54) is 16.2 Å². The van der Waals surface area contributed by atoms with Crippen LogP contribution in [0.15, 0.2) is 77.8 Å². The number of thiazole rings is 2. The molecule has 12 heteroatoms. The van der Waals surface area contributed by atoms with Gasteiger partial charge >= 0.3 is 12.1 Å². The smallest absolute Gasteiger partial charge is 0.407 e. The summed E-state index contributed by atoms with van der Waals surface area (Å²) in [4.78, 5) is 49.5. The predicted octanol–water partition coefficient (Wildman–Crippen LogP) is 5.91. The SMILES string of the molecule is CC(C)c1nc(CN(C)C(=O)NCC(=O)N[C@H](CC[C@H](Cc2ccccc2)NC(=O)OCc2cncs2)Cc2ccccc2)cs1. The van der Waals surface area contributed by atoms with Crippen LogP contribution in [0.4, 0.5) is 9.59 Å². The van der Waals surface area contributed by atoms with E-state index in [9.17, 15) is 14.4 Å². The minimum atomic E-state index is -0.497. The maximum atomic E-state index is 13.1. The van der Waals surface area contributed by atoms with Gasteiger partial charge in [0, 0.05) is 36.6 Å². The number of hydrogen-bond acceptors (Lipinski definition) is 8. The molecule has 0 aliphatic carbocycles. The van der Waals surface area contributed by atoms with Gasteiger partial charge in [0.15, 0.2) is 0 Å². The van der Waals surface area contributed by atoms with Crippen molar-refractivity contribution in [2.45, 2.75) is 70.7 Å². The maximum Gasteiger partial charge on any atom is 0.407 e. The van der Waals surface area contributed by atoms with Gasteiger partial charge in [0.2, 0.25) is 5.91 Å². The minimum absolute atomic E-state index is 0.154. The molecule has 0 aliphatic heterocycles. The van der Waals surface area contributed by atoms with Crippen LogP contribution in [0.1, 0.15) is 59.3 Å². The summed E-state index contributed by atoms with van der Waals surface area (Å²) >= 11 is 3.01. The Labute approximate surface area is 278 Å². The third-order valence-electron chi connectivity index (χ3n) is 7.24. The fraction of sp³-hybridized carbons (Fsp3) is 0.382. The number of benzene rings is 2. The molecule has 2 atom stereocenters. The molecule has 0 saturated heterocycles. The van der Waals surface area contributed by atoms with E-state index in [1.54, 1.807) is 30.1 Å². The van der Waals surface area contributed by atoms with Crippen molar-refractivity contribution >= 4 is 40.7 Å². The Morgan fingerprint density at radius 2 is 1.52 bits per heavy atom. The van der Waals surface area contributed by atoms with Crippen LogP contribution < -0.4 is 16.0 Å². The molecule has 0 aliphatic rings. The molecule has 0 spiro atoms. The highest BCUT2D eigenvalue weighted by Crippen LogP contribution is 2.20. The van der Waals surface area contributed by atoms with Crippen molar-refractivity contribution in [3.8, 4) is 0 Å². The average Bonchev–Trinajstić information content (AvgIpc) is 3.75. The highest BCUT2D eigenvalue weighted by atomic mass is 32.1. The minimum Gasteiger partial charge on any atom is -0.444 e. The van der Waals surface area contributed by atoms with Gasteiger partial charge in [0.1, 0.15) is 6.61 Å². The Morgan fingerprint density at radius 3 is 2.09 bits per heavy atom. The number of carbonyl (C=O) groups is 3. The lowest BCUT2D eigenvalue weighted by Gasteiger charge is -2.24. The molecule has 2 heterocycles. The summed E-state index contributed by atoms with van der Waals surface area (Å²) in [6.07, 6.45) is 3.61. The highest BCUT2D eigenvalue weighted by molar-refractivity contribution is 7.09. The van der Waals surface area contributed by atoms with Crippen LogP contribution in [0.2, 0.25) is 0 Å². The lowest BCUT2D eigenvalue weighted by molar-refractivity contribution is -0.120. The maximum absolute atomic E-state index is 13.1. The molecule has 0 radical (unpaired) electrons. The second kappa shape index (κ2) is 18.0. The zero-order chi connectivity index (χ0) is 32.7. The number of rotatable bonds is 16. The predicted molar refractivity (Wildman–Crippen MR) is 182 cm³/mol. The molecule has 10 nitrogen and oxygen atoms in total. The Balaban J connectivity index is 1.34. The lowest BCUT2D eigenvalue weighted by Crippen LogP contribution is -2.46. The molecule has 0 unspecified atom stereocenters. The van der Waals surface area contributed by atoms with Gasteiger partial charge in [-0.15, -0.1) is 22.7 Å². The highest BCUT2D eigenvalue weighted by Gasteiger charge is 2.20. The first kappa shape index (κ1) is 34.6. The van der Waals surface area contributed by atoms with Crippen molar-refractivity contribution in [1.82, 2.24) is 30.8 Å². The number of ether oxygens (including phenoxy) is 1. The van der Waals surface area contributed by atoms with Crippen molar-refractivity contribution in [3.05, 3.63) is 104 Å². The Kier molecular flexibility index (Phi) is 13.5. The van der Waals surface area contributed by atoms with Gasteiger partial charge in [0.05, 0.1) is 34.2 Å². The summed E-state index contributed by atoms with van der Waals surface area (Å²) in [7, 11) is 1.68. The van der Waals surface area contributed by atoms with E-state index in [0.717, 1.165) is 26.7 Å². The standard InChI is InChI=1S/C34H42N6O4S2/c1-24(2)32-38-29(22-45-32)20-40(3)33(42)36-19-31(41)37-27(16-25-10-6-4-7-11-25)14-15-28(17-26-12-8-5-9-13-26)39-34(43)44-21-30-18-35-23-46-30/h4-13,18,22-24,27-28H,14-17,19-21H2,1-3H3,(H,36,42)(H,37,41)(H,39,43)/t27-,28-/m1/s1. The first-order valence-corrected chi connectivity index (χ1v) is 17.1. The van der Waals surface area contributed by atoms with Crippen molar-refractivity contribution in [2.75, 3.05) is 13.6 Å². The molecule has 4 aromatic rings. The normalized spacial score (nSPS) is 12.3. The number of nitrogens with zero attached hydrogens (tertiary/aromatic N) is 3. The Hall–Kier alpha value is -4.29. The number of carbonyl (C=O) groups excluding carboxylic acids is 3. The molecule has 46 heavy (non-hydrogen) atoms. The third-order valence-corrected chi connectivity index (χ3v) is 9.19. The number of alkyl carbamates (subject to hydrolysis) is 1. The van der Waals surface area contributed by atoms with Gasteiger partial charge in [0.25, 0.3) is 0 Å². The topological polar surface area (TPSA) is 126 Å². The second-order valence-electron chi connectivity index (χ2n) is 11.5. The molecular formula is C34H42N6O4S2. The van der Waals surface area contributed by atoms with Crippen LogP contribution in [-0.4, -0.2) is 58.6 Å². The van der Waals surface area contributed by atoms with Gasteiger partial charge in [-0.05, 0) is 36.8 Å². The third kappa shape index (κ3) is 11.9. The molecule has 244 valence electrons. The fourth-order valence-electron chi connectivity index (χ4n) is 4.85. The zero-order valence-corrected chi connectivity index (χ0v) is 28.1. The van der Waals surface area contributed by atoms with E-state index in [2.05, 4.69) is 39.8 Å². The van der Waals surface area contributed by atoms with Crippen LogP contribution in [0.25, 0.3) is 0 Å². The van der Waals surface area contributed by atoms with E-state index < -0.39 is 6.09 Å². The Morgan fingerprint density at radius 1 is 0.891 bits per heavy atom. The fourth-order valence-corrected chi connectivity index (χ4v) is 6.19. The van der Waals surface area contributed by atoms with Crippen LogP contribution in [0.3, 0.4) is 0 Å². The van der Waals surface area contributed by atoms with Crippen molar-refractivity contribution < 1.29 is 19.1 Å². The number of amides is 4. The van der Waals surface area contributed by atoms with E-state index in [0.29, 0.717) is 38.1 Å². The van der Waals surface area contributed by atoms with Gasteiger partial charge in [-0.1, -0.05) is 74.5 Å². The number of nitrogens with one attached hydrogen (secondary N) is 3. The van der Waals surface area contributed by atoms with Crippen LogP contribution >= 0.6 is 22.7 Å². The van der Waals surface area contributed by atoms with Gasteiger partial charge in [-0.2, -0.15) is 0 Å². The number of aromatic nitrogens is 2. The van der Waals surface area contributed by atoms with Gasteiger partial charge < -0.3 is 25.6 Å². The second-order valence-corrected chi connectivity index (χ2v) is 13.3. The summed E-state index contributed by atoms with van der Waals surface area (Å²) < 4.78 is 5.45. The molecule has 2 aromatic heterocycles. The van der Waals surface area contributed by atoms with E-state index in [1.807, 2.05) is 66.0 Å². The molecule has 3 N–H and O–H groups in total. The van der Waals surface area contributed by atoms with Crippen molar-refractivity contribution in [1.29, 1.82) is 0 Å². The van der Waals surface area contributed by atoms with Crippen LogP contribution in [0.5, 0.6) is 0 Å². The van der Waals surface area contributed by atoms with Gasteiger partial charge in [-0.3, -0.25) is 9.78 Å². The van der Waals surface area contributed by atoms with Crippen molar-refractivity contribution in [2.24, 2.45) is 0 Å². The molecule has 4 amide bonds. The summed E-state index contributed by atoms with van der Waals surface area (Å²) in [6, 6.07) is 19.1. The largest absolute Gasteiger partial charge is 0.444 e. The molecule has 0 fully saturated rings. The van der Waals surface area contributed by atoms with Crippen LogP contribution in [-0.2, 0) is 35.5 Å². The molecule has 0 saturated carbocycles. The number of hydrogen-bond donors (Lipinski definition) is 3. The monoisotopic (exact) mass is 662 g/mol. The first-order chi connectivity index (χ1) is 22.2.